The van der Waals surface area contributed by atoms with Crippen molar-refractivity contribution in [3.05, 3.63) is 23.2 Å². The first-order valence-electron chi connectivity index (χ1n) is 8.45. The van der Waals surface area contributed by atoms with Crippen LogP contribution in [0, 0.1) is 0 Å². The van der Waals surface area contributed by atoms with Crippen LogP contribution < -0.4 is 15.5 Å². The second-order valence-electron chi connectivity index (χ2n) is 5.55. The lowest BCUT2D eigenvalue weighted by Gasteiger charge is -2.30. The summed E-state index contributed by atoms with van der Waals surface area (Å²) >= 11 is 6.09. The van der Waals surface area contributed by atoms with Gasteiger partial charge in [0.25, 0.3) is 0 Å². The summed E-state index contributed by atoms with van der Waals surface area (Å²) in [5.74, 6) is 0. The molecule has 6 nitrogen and oxygen atoms in total. The number of nitrogens with zero attached hydrogens (tertiary/aromatic N) is 1. The number of carbonyl (C=O) groups excluding carboxylic acids is 1. The van der Waals surface area contributed by atoms with Crippen LogP contribution in [0.2, 0.25) is 5.02 Å². The molecule has 134 valence electrons. The molecule has 0 aliphatic carbocycles. The smallest absolute Gasteiger partial charge is 0.319 e. The molecule has 1 saturated heterocycles. The number of benzene rings is 1. The van der Waals surface area contributed by atoms with Crippen LogP contribution in [0.3, 0.4) is 0 Å². The number of urea groups is 1. The van der Waals surface area contributed by atoms with Crippen LogP contribution in [-0.2, 0) is 9.47 Å². The number of nitrogens with one attached hydrogen (secondary N) is 2. The van der Waals surface area contributed by atoms with E-state index in [2.05, 4.69) is 15.5 Å². The van der Waals surface area contributed by atoms with Crippen molar-refractivity contribution in [2.45, 2.75) is 19.8 Å². The third kappa shape index (κ3) is 6.19. The van der Waals surface area contributed by atoms with E-state index in [1.807, 2.05) is 19.1 Å². The van der Waals surface area contributed by atoms with Crippen LogP contribution in [0.15, 0.2) is 18.2 Å². The molecule has 1 heterocycles. The van der Waals surface area contributed by atoms with Crippen LogP contribution >= 0.6 is 11.6 Å². The molecule has 0 aromatic heterocycles. The Labute approximate surface area is 148 Å². The lowest BCUT2D eigenvalue weighted by molar-refractivity contribution is 0.123. The fraction of sp³-hybridized carbons (Fsp3) is 0.588. The van der Waals surface area contributed by atoms with Crippen molar-refractivity contribution in [1.29, 1.82) is 0 Å². The molecular weight excluding hydrogens is 330 g/mol. The van der Waals surface area contributed by atoms with E-state index in [1.54, 1.807) is 6.07 Å². The van der Waals surface area contributed by atoms with E-state index < -0.39 is 0 Å². The summed E-state index contributed by atoms with van der Waals surface area (Å²) in [6.45, 7) is 7.03. The lowest BCUT2D eigenvalue weighted by atomic mass is 10.2. The molecule has 0 saturated carbocycles. The Hall–Kier alpha value is -1.50. The molecule has 0 radical (unpaired) electrons. The van der Waals surface area contributed by atoms with Gasteiger partial charge in [-0.3, -0.25) is 0 Å². The Kier molecular flexibility index (Phi) is 8.15. The molecule has 24 heavy (non-hydrogen) atoms. The van der Waals surface area contributed by atoms with Gasteiger partial charge in [-0.05, 0) is 38.0 Å². The molecule has 2 rings (SSSR count). The first-order chi connectivity index (χ1) is 11.7. The zero-order valence-electron chi connectivity index (χ0n) is 14.1. The van der Waals surface area contributed by atoms with E-state index in [0.717, 1.165) is 50.5 Å². The molecular formula is C17H26ClN3O3. The van der Waals surface area contributed by atoms with Gasteiger partial charge >= 0.3 is 6.03 Å². The minimum Gasteiger partial charge on any atom is -0.382 e. The van der Waals surface area contributed by atoms with Crippen LogP contribution in [0.1, 0.15) is 19.8 Å². The van der Waals surface area contributed by atoms with Crippen molar-refractivity contribution in [2.75, 3.05) is 56.3 Å². The van der Waals surface area contributed by atoms with Gasteiger partial charge in [0.15, 0.2) is 0 Å². The van der Waals surface area contributed by atoms with E-state index in [0.29, 0.717) is 24.8 Å². The average Bonchev–Trinajstić information content (AvgIpc) is 2.59. The SMILES string of the molecule is CCOCCCCNC(=O)Nc1cc(Cl)ccc1N1CCOCC1. The second kappa shape index (κ2) is 10.4. The fourth-order valence-corrected chi connectivity index (χ4v) is 2.70. The molecule has 0 spiro atoms. The molecule has 1 fully saturated rings. The molecule has 2 amide bonds. The topological polar surface area (TPSA) is 62.8 Å². The maximum absolute atomic E-state index is 12.1. The maximum Gasteiger partial charge on any atom is 0.319 e. The fourth-order valence-electron chi connectivity index (χ4n) is 2.53. The van der Waals surface area contributed by atoms with E-state index >= 15 is 0 Å². The summed E-state index contributed by atoms with van der Waals surface area (Å²) in [5, 5.41) is 6.36. The van der Waals surface area contributed by atoms with E-state index in [9.17, 15) is 4.79 Å². The quantitative estimate of drug-likeness (QED) is 0.703. The van der Waals surface area contributed by atoms with Gasteiger partial charge in [-0.25, -0.2) is 4.79 Å². The van der Waals surface area contributed by atoms with Gasteiger partial charge in [-0.2, -0.15) is 0 Å². The molecule has 1 aliphatic heterocycles. The first-order valence-corrected chi connectivity index (χ1v) is 8.83. The van der Waals surface area contributed by atoms with Crippen molar-refractivity contribution in [2.24, 2.45) is 0 Å². The van der Waals surface area contributed by atoms with Crippen molar-refractivity contribution in [3.63, 3.8) is 0 Å². The van der Waals surface area contributed by atoms with Crippen LogP contribution in [0.4, 0.5) is 16.2 Å². The van der Waals surface area contributed by atoms with Gasteiger partial charge in [-0.15, -0.1) is 0 Å². The number of rotatable bonds is 8. The summed E-state index contributed by atoms with van der Waals surface area (Å²) < 4.78 is 10.7. The van der Waals surface area contributed by atoms with Gasteiger partial charge in [0.2, 0.25) is 0 Å². The molecule has 0 atom stereocenters. The highest BCUT2D eigenvalue weighted by molar-refractivity contribution is 6.31. The molecule has 1 aliphatic rings. The molecule has 0 unspecified atom stereocenters. The standard InChI is InChI=1S/C17H26ClN3O3/c1-2-23-10-4-3-7-19-17(22)20-15-13-14(18)5-6-16(15)21-8-11-24-12-9-21/h5-6,13H,2-4,7-12H2,1H3,(H2,19,20,22). The second-order valence-corrected chi connectivity index (χ2v) is 5.98. The normalized spacial score (nSPS) is 14.5. The molecule has 0 bridgehead atoms. The summed E-state index contributed by atoms with van der Waals surface area (Å²) in [4.78, 5) is 14.3. The summed E-state index contributed by atoms with van der Waals surface area (Å²) in [6, 6.07) is 5.33. The molecule has 2 N–H and O–H groups in total. The number of carbonyl (C=O) groups is 1. The van der Waals surface area contributed by atoms with Crippen molar-refractivity contribution >= 4 is 29.0 Å². The Morgan fingerprint density at radius 1 is 1.33 bits per heavy atom. The number of morpholine rings is 1. The van der Waals surface area contributed by atoms with Gasteiger partial charge in [0, 0.05) is 37.9 Å². The molecule has 7 heteroatoms. The Bertz CT molecular complexity index is 522. The van der Waals surface area contributed by atoms with Crippen LogP contribution in [0.5, 0.6) is 0 Å². The highest BCUT2D eigenvalue weighted by Crippen LogP contribution is 2.29. The Morgan fingerprint density at radius 2 is 2.12 bits per heavy atom. The number of anilines is 2. The first kappa shape index (κ1) is 18.8. The zero-order valence-corrected chi connectivity index (χ0v) is 14.9. The zero-order chi connectivity index (χ0) is 17.2. The third-order valence-corrected chi connectivity index (χ3v) is 4.00. The summed E-state index contributed by atoms with van der Waals surface area (Å²) in [7, 11) is 0. The number of halogens is 1. The summed E-state index contributed by atoms with van der Waals surface area (Å²) in [5.41, 5.74) is 1.69. The molecule has 1 aromatic rings. The van der Waals surface area contributed by atoms with Gasteiger partial charge in [0.05, 0.1) is 24.6 Å². The Morgan fingerprint density at radius 3 is 2.88 bits per heavy atom. The number of hydrogen-bond acceptors (Lipinski definition) is 4. The van der Waals surface area contributed by atoms with E-state index in [-0.39, 0.29) is 6.03 Å². The maximum atomic E-state index is 12.1. The van der Waals surface area contributed by atoms with Crippen molar-refractivity contribution in [1.82, 2.24) is 5.32 Å². The lowest BCUT2D eigenvalue weighted by Crippen LogP contribution is -2.37. The number of ether oxygens (including phenoxy) is 2. The minimum absolute atomic E-state index is 0.219. The minimum atomic E-state index is -0.219. The average molecular weight is 356 g/mol. The van der Waals surface area contributed by atoms with Gasteiger partial charge < -0.3 is 25.0 Å². The van der Waals surface area contributed by atoms with Gasteiger partial charge in [0.1, 0.15) is 0 Å². The van der Waals surface area contributed by atoms with Crippen molar-refractivity contribution in [3.8, 4) is 0 Å². The predicted molar refractivity (Wildman–Crippen MR) is 97.2 cm³/mol. The largest absolute Gasteiger partial charge is 0.382 e. The van der Waals surface area contributed by atoms with E-state index in [4.69, 9.17) is 21.1 Å². The van der Waals surface area contributed by atoms with Gasteiger partial charge in [-0.1, -0.05) is 11.6 Å². The van der Waals surface area contributed by atoms with Crippen molar-refractivity contribution < 1.29 is 14.3 Å². The van der Waals surface area contributed by atoms with Crippen LogP contribution in [0.25, 0.3) is 0 Å². The van der Waals surface area contributed by atoms with Crippen LogP contribution in [-0.4, -0.2) is 52.1 Å². The number of amides is 2. The number of hydrogen-bond donors (Lipinski definition) is 2. The monoisotopic (exact) mass is 355 g/mol. The number of unbranched alkanes of at least 4 members (excludes halogenated alkanes) is 1. The van der Waals surface area contributed by atoms with E-state index in [1.165, 1.54) is 0 Å². The molecule has 1 aromatic carbocycles. The third-order valence-electron chi connectivity index (χ3n) is 3.76. The Balaban J connectivity index is 1.86. The predicted octanol–water partition coefficient (Wildman–Crippen LogP) is 3.11. The summed E-state index contributed by atoms with van der Waals surface area (Å²) in [6.07, 6.45) is 1.82. The highest BCUT2D eigenvalue weighted by Gasteiger charge is 2.16. The highest BCUT2D eigenvalue weighted by atomic mass is 35.5.